The van der Waals surface area contributed by atoms with Crippen molar-refractivity contribution in [2.24, 2.45) is 0 Å². The molecule has 0 aliphatic heterocycles. The normalized spacial score (nSPS) is 14.3. The number of fused-ring (bicyclic) bond motifs is 1. The average Bonchev–Trinajstić information content (AvgIpc) is 2.94. The van der Waals surface area contributed by atoms with Crippen LogP contribution in [0.5, 0.6) is 0 Å². The Morgan fingerprint density at radius 1 is 1.29 bits per heavy atom. The van der Waals surface area contributed by atoms with E-state index in [2.05, 4.69) is 10.3 Å². The molecule has 0 fully saturated rings. The van der Waals surface area contributed by atoms with Crippen molar-refractivity contribution >= 4 is 27.5 Å². The topological polar surface area (TPSA) is 82.5 Å². The molecule has 0 aliphatic rings. The molecule has 0 radical (unpaired) electrons. The standard InChI is InChI=1S/C15H20N2O3S/c1-3-9(4-2)16-14(20)12(18)13(19)15-17-10-7-5-6-8-11(10)21-15/h5-9,12-13,18-19H,3-4H2,1-2H3,(H,16,20). The number of amides is 1. The number of benzene rings is 1. The number of aromatic nitrogens is 1. The summed E-state index contributed by atoms with van der Waals surface area (Å²) in [7, 11) is 0. The summed E-state index contributed by atoms with van der Waals surface area (Å²) in [5.74, 6) is -0.560. The van der Waals surface area contributed by atoms with Gasteiger partial charge in [0.1, 0.15) is 11.1 Å². The van der Waals surface area contributed by atoms with Crippen LogP contribution >= 0.6 is 11.3 Å². The first kappa shape index (κ1) is 15.9. The minimum Gasteiger partial charge on any atom is -0.383 e. The molecule has 5 nitrogen and oxygen atoms in total. The number of thiazole rings is 1. The van der Waals surface area contributed by atoms with Crippen LogP contribution in [0.2, 0.25) is 0 Å². The Morgan fingerprint density at radius 2 is 1.95 bits per heavy atom. The molecule has 1 amide bonds. The summed E-state index contributed by atoms with van der Waals surface area (Å²) in [5, 5.41) is 23.2. The number of nitrogens with zero attached hydrogens (tertiary/aromatic N) is 1. The molecule has 114 valence electrons. The SMILES string of the molecule is CCC(CC)NC(=O)C(O)C(O)c1nc2ccccc2s1. The number of carbonyl (C=O) groups excluding carboxylic acids is 1. The molecule has 2 aromatic rings. The number of aliphatic hydroxyl groups is 2. The number of aliphatic hydroxyl groups excluding tert-OH is 2. The zero-order valence-electron chi connectivity index (χ0n) is 12.1. The molecule has 0 bridgehead atoms. The fraction of sp³-hybridized carbons (Fsp3) is 0.467. The number of nitrogens with one attached hydrogen (secondary N) is 1. The zero-order chi connectivity index (χ0) is 15.4. The van der Waals surface area contributed by atoms with Gasteiger partial charge in [-0.2, -0.15) is 0 Å². The Bertz CT molecular complexity index is 577. The molecule has 2 unspecified atom stereocenters. The van der Waals surface area contributed by atoms with E-state index in [-0.39, 0.29) is 6.04 Å². The van der Waals surface area contributed by atoms with Crippen LogP contribution in [-0.4, -0.2) is 33.3 Å². The minimum absolute atomic E-state index is 0.00900. The van der Waals surface area contributed by atoms with E-state index < -0.39 is 18.1 Å². The molecule has 0 saturated heterocycles. The molecule has 1 aromatic carbocycles. The highest BCUT2D eigenvalue weighted by Crippen LogP contribution is 2.28. The number of rotatable bonds is 6. The molecule has 0 spiro atoms. The fourth-order valence-corrected chi connectivity index (χ4v) is 3.06. The van der Waals surface area contributed by atoms with Crippen molar-refractivity contribution in [3.8, 4) is 0 Å². The number of hydrogen-bond acceptors (Lipinski definition) is 5. The van der Waals surface area contributed by atoms with Crippen molar-refractivity contribution in [2.75, 3.05) is 0 Å². The maximum atomic E-state index is 12.0. The lowest BCUT2D eigenvalue weighted by Gasteiger charge is -2.20. The van der Waals surface area contributed by atoms with Gasteiger partial charge in [-0.3, -0.25) is 4.79 Å². The second kappa shape index (κ2) is 6.98. The van der Waals surface area contributed by atoms with E-state index in [1.165, 1.54) is 11.3 Å². The first-order valence-corrected chi connectivity index (χ1v) is 7.90. The smallest absolute Gasteiger partial charge is 0.252 e. The third kappa shape index (κ3) is 3.58. The van der Waals surface area contributed by atoms with Crippen molar-refractivity contribution in [1.82, 2.24) is 10.3 Å². The van der Waals surface area contributed by atoms with Gasteiger partial charge in [-0.1, -0.05) is 26.0 Å². The third-order valence-electron chi connectivity index (χ3n) is 3.46. The van der Waals surface area contributed by atoms with Crippen molar-refractivity contribution < 1.29 is 15.0 Å². The van der Waals surface area contributed by atoms with Gasteiger partial charge in [-0.05, 0) is 25.0 Å². The van der Waals surface area contributed by atoms with Gasteiger partial charge in [0.05, 0.1) is 10.2 Å². The summed E-state index contributed by atoms with van der Waals surface area (Å²) >= 11 is 1.28. The second-order valence-electron chi connectivity index (χ2n) is 4.93. The summed E-state index contributed by atoms with van der Waals surface area (Å²) in [6, 6.07) is 7.47. The van der Waals surface area contributed by atoms with E-state index in [0.717, 1.165) is 23.1 Å². The molecule has 6 heteroatoms. The van der Waals surface area contributed by atoms with E-state index in [1.807, 2.05) is 38.1 Å². The second-order valence-corrected chi connectivity index (χ2v) is 5.99. The van der Waals surface area contributed by atoms with Crippen LogP contribution in [-0.2, 0) is 4.79 Å². The van der Waals surface area contributed by atoms with Crippen LogP contribution < -0.4 is 5.32 Å². The van der Waals surface area contributed by atoms with Crippen molar-refractivity contribution in [3.63, 3.8) is 0 Å². The zero-order valence-corrected chi connectivity index (χ0v) is 12.9. The van der Waals surface area contributed by atoms with Gasteiger partial charge in [0.2, 0.25) is 0 Å². The summed E-state index contributed by atoms with van der Waals surface area (Å²) < 4.78 is 0.916. The summed E-state index contributed by atoms with van der Waals surface area (Å²) in [6.07, 6.45) is -1.25. The summed E-state index contributed by atoms with van der Waals surface area (Å²) in [4.78, 5) is 16.2. The fourth-order valence-electron chi connectivity index (χ4n) is 2.07. The number of hydrogen-bond donors (Lipinski definition) is 3. The molecule has 0 saturated carbocycles. The highest BCUT2D eigenvalue weighted by atomic mass is 32.1. The van der Waals surface area contributed by atoms with Crippen LogP contribution in [0.1, 0.15) is 37.8 Å². The molecular weight excluding hydrogens is 288 g/mol. The van der Waals surface area contributed by atoms with Crippen molar-refractivity contribution in [2.45, 2.75) is 44.9 Å². The molecular formula is C15H20N2O3S. The lowest BCUT2D eigenvalue weighted by atomic mass is 10.1. The van der Waals surface area contributed by atoms with Crippen LogP contribution in [0.3, 0.4) is 0 Å². The maximum absolute atomic E-state index is 12.0. The van der Waals surface area contributed by atoms with Gasteiger partial charge in [-0.15, -0.1) is 11.3 Å². The highest BCUT2D eigenvalue weighted by molar-refractivity contribution is 7.18. The molecule has 1 aromatic heterocycles. The molecule has 2 rings (SSSR count). The first-order valence-electron chi connectivity index (χ1n) is 7.08. The van der Waals surface area contributed by atoms with E-state index in [0.29, 0.717) is 5.01 Å². The Labute approximate surface area is 127 Å². The van der Waals surface area contributed by atoms with Gasteiger partial charge in [0.15, 0.2) is 6.10 Å². The largest absolute Gasteiger partial charge is 0.383 e. The lowest BCUT2D eigenvalue weighted by molar-refractivity contribution is -0.136. The van der Waals surface area contributed by atoms with Gasteiger partial charge < -0.3 is 15.5 Å². The average molecular weight is 308 g/mol. The maximum Gasteiger partial charge on any atom is 0.252 e. The van der Waals surface area contributed by atoms with Gasteiger partial charge in [0, 0.05) is 6.04 Å². The van der Waals surface area contributed by atoms with Gasteiger partial charge in [0.25, 0.3) is 5.91 Å². The van der Waals surface area contributed by atoms with E-state index in [4.69, 9.17) is 0 Å². The molecule has 21 heavy (non-hydrogen) atoms. The molecule has 1 heterocycles. The first-order chi connectivity index (χ1) is 10.1. The van der Waals surface area contributed by atoms with Crippen LogP contribution in [0, 0.1) is 0 Å². The molecule has 2 atom stereocenters. The van der Waals surface area contributed by atoms with Gasteiger partial charge >= 0.3 is 0 Å². The molecule has 0 aliphatic carbocycles. The van der Waals surface area contributed by atoms with Gasteiger partial charge in [-0.25, -0.2) is 4.98 Å². The van der Waals surface area contributed by atoms with Crippen LogP contribution in [0.15, 0.2) is 24.3 Å². The van der Waals surface area contributed by atoms with Crippen LogP contribution in [0.4, 0.5) is 0 Å². The summed E-state index contributed by atoms with van der Waals surface area (Å²) in [6.45, 7) is 3.93. The Morgan fingerprint density at radius 3 is 2.57 bits per heavy atom. The summed E-state index contributed by atoms with van der Waals surface area (Å²) in [5.41, 5.74) is 0.754. The van der Waals surface area contributed by atoms with Crippen molar-refractivity contribution in [3.05, 3.63) is 29.3 Å². The van der Waals surface area contributed by atoms with E-state index in [9.17, 15) is 15.0 Å². The minimum atomic E-state index is -1.51. The Hall–Kier alpha value is -1.50. The molecule has 3 N–H and O–H groups in total. The monoisotopic (exact) mass is 308 g/mol. The van der Waals surface area contributed by atoms with E-state index in [1.54, 1.807) is 0 Å². The predicted octanol–water partition coefficient (Wildman–Crippen LogP) is 2.00. The predicted molar refractivity (Wildman–Crippen MR) is 83.1 cm³/mol. The number of carbonyl (C=O) groups is 1. The van der Waals surface area contributed by atoms with Crippen molar-refractivity contribution in [1.29, 1.82) is 0 Å². The Balaban J connectivity index is 2.10. The van der Waals surface area contributed by atoms with E-state index >= 15 is 0 Å². The Kier molecular flexibility index (Phi) is 5.27. The number of para-hydroxylation sites is 1. The van der Waals surface area contributed by atoms with Crippen LogP contribution in [0.25, 0.3) is 10.2 Å². The quantitative estimate of drug-likeness (QED) is 0.762. The lowest BCUT2D eigenvalue weighted by Crippen LogP contribution is -2.43. The third-order valence-corrected chi connectivity index (χ3v) is 4.57. The highest BCUT2D eigenvalue weighted by Gasteiger charge is 2.29.